The van der Waals surface area contributed by atoms with Crippen LogP contribution in [-0.4, -0.2) is 29.4 Å². The molecule has 34 heavy (non-hydrogen) atoms. The Morgan fingerprint density at radius 2 is 1.50 bits per heavy atom. The van der Waals surface area contributed by atoms with Crippen LogP contribution in [0.1, 0.15) is 52.7 Å². The van der Waals surface area contributed by atoms with Crippen LogP contribution in [0.3, 0.4) is 0 Å². The van der Waals surface area contributed by atoms with E-state index in [1.807, 2.05) is 30.4 Å². The van der Waals surface area contributed by atoms with Gasteiger partial charge in [-0.1, -0.05) is 50.2 Å². The zero-order valence-corrected chi connectivity index (χ0v) is 21.0. The predicted octanol–water partition coefficient (Wildman–Crippen LogP) is 3.13. The molecule has 2 aliphatic rings. The quantitative estimate of drug-likeness (QED) is 0.570. The molecule has 0 saturated heterocycles. The van der Waals surface area contributed by atoms with Gasteiger partial charge in [0.15, 0.2) is 5.71 Å². The number of fused-ring (bicyclic) bond motifs is 2. The lowest BCUT2D eigenvalue weighted by molar-refractivity contribution is -0.432. The summed E-state index contributed by atoms with van der Waals surface area (Å²) < 4.78 is 2.22. The molecule has 3 aromatic rings. The Kier molecular flexibility index (Phi) is 5.05. The predicted molar refractivity (Wildman–Crippen MR) is 141 cm³/mol. The molecule has 1 unspecified atom stereocenters. The van der Waals surface area contributed by atoms with Crippen LogP contribution in [0, 0.1) is 0 Å². The van der Waals surface area contributed by atoms with Crippen LogP contribution in [0.2, 0.25) is 0 Å². The average molecular weight is 454 g/mol. The van der Waals surface area contributed by atoms with E-state index < -0.39 is 0 Å². The van der Waals surface area contributed by atoms with Gasteiger partial charge in [0.1, 0.15) is 6.54 Å². The molecule has 0 spiro atoms. The zero-order valence-electron chi connectivity index (χ0n) is 21.0. The first-order valence-electron chi connectivity index (χ1n) is 12.3. The van der Waals surface area contributed by atoms with Crippen molar-refractivity contribution in [3.05, 3.63) is 90.5 Å². The topological polar surface area (TPSA) is 40.4 Å². The molecule has 5 rings (SSSR count). The van der Waals surface area contributed by atoms with Crippen LogP contribution in [0.25, 0.3) is 12.2 Å². The maximum absolute atomic E-state index is 13.3. The number of rotatable bonds is 4. The third kappa shape index (κ3) is 2.94. The molecule has 4 heteroatoms. The van der Waals surface area contributed by atoms with Gasteiger partial charge in [-0.15, -0.1) is 0 Å². The van der Waals surface area contributed by atoms with Crippen LogP contribution in [0.15, 0.2) is 58.1 Å². The molecule has 1 atom stereocenters. The summed E-state index contributed by atoms with van der Waals surface area (Å²) in [6, 6.07) is 16.7. The number of benzene rings is 2. The molecule has 0 radical (unpaired) electrons. The van der Waals surface area contributed by atoms with Crippen molar-refractivity contribution < 1.29 is 4.58 Å². The van der Waals surface area contributed by atoms with E-state index in [1.165, 1.54) is 16.8 Å². The molecule has 0 aliphatic carbocycles. The third-order valence-corrected chi connectivity index (χ3v) is 8.02. The first-order chi connectivity index (χ1) is 16.1. The van der Waals surface area contributed by atoms with E-state index in [9.17, 15) is 9.59 Å². The van der Waals surface area contributed by atoms with Gasteiger partial charge >= 0.3 is 0 Å². The van der Waals surface area contributed by atoms with Gasteiger partial charge in [-0.25, -0.2) is 0 Å². The number of anilines is 1. The molecular formula is C30H33N2O2+. The Morgan fingerprint density at radius 1 is 0.882 bits per heavy atom. The summed E-state index contributed by atoms with van der Waals surface area (Å²) in [6.07, 6.45) is 3.76. The van der Waals surface area contributed by atoms with Gasteiger partial charge in [0, 0.05) is 35.4 Å². The van der Waals surface area contributed by atoms with Crippen LogP contribution in [-0.2, 0) is 10.8 Å². The van der Waals surface area contributed by atoms with E-state index in [-0.39, 0.29) is 27.7 Å². The van der Waals surface area contributed by atoms with Crippen molar-refractivity contribution in [3.8, 4) is 0 Å². The van der Waals surface area contributed by atoms with Gasteiger partial charge in [0.05, 0.1) is 21.9 Å². The fourth-order valence-electron chi connectivity index (χ4n) is 6.09. The fourth-order valence-corrected chi connectivity index (χ4v) is 6.09. The molecule has 2 heterocycles. The minimum Gasteiger partial charge on any atom is -0.364 e. The van der Waals surface area contributed by atoms with Crippen LogP contribution < -0.4 is 26.2 Å². The SMILES string of the molecule is CCN1c2ccccc2C(C)(C)C1C=c1c(=O)c(=CC2=[N+](CC)c3ccccc3C2(C)C)c1=O. The zero-order chi connectivity index (χ0) is 24.4. The van der Waals surface area contributed by atoms with Gasteiger partial charge in [0.25, 0.3) is 0 Å². The summed E-state index contributed by atoms with van der Waals surface area (Å²) in [5, 5.41) is 0.629. The lowest BCUT2D eigenvalue weighted by Crippen LogP contribution is -2.66. The molecule has 2 aliphatic heterocycles. The molecular weight excluding hydrogens is 420 g/mol. The lowest BCUT2D eigenvalue weighted by atomic mass is 9.79. The highest BCUT2D eigenvalue weighted by Crippen LogP contribution is 2.45. The Hall–Kier alpha value is -3.27. The molecule has 3 aromatic carbocycles. The fraction of sp³-hybridized carbons (Fsp3) is 0.367. The largest absolute Gasteiger partial charge is 0.364 e. The summed E-state index contributed by atoms with van der Waals surface area (Å²) in [4.78, 5) is 28.9. The Bertz CT molecular complexity index is 1500. The lowest BCUT2D eigenvalue weighted by Gasteiger charge is -2.31. The molecule has 0 fully saturated rings. The van der Waals surface area contributed by atoms with Crippen LogP contribution in [0.5, 0.6) is 0 Å². The molecule has 0 amide bonds. The van der Waals surface area contributed by atoms with Gasteiger partial charge in [-0.3, -0.25) is 9.59 Å². The van der Waals surface area contributed by atoms with Gasteiger partial charge in [-0.2, -0.15) is 4.58 Å². The Labute approximate surface area is 200 Å². The van der Waals surface area contributed by atoms with Crippen molar-refractivity contribution in [2.24, 2.45) is 0 Å². The van der Waals surface area contributed by atoms with Gasteiger partial charge in [-0.05, 0) is 45.4 Å². The second-order valence-corrected chi connectivity index (χ2v) is 10.5. The third-order valence-electron chi connectivity index (χ3n) is 8.02. The number of hydrogen-bond acceptors (Lipinski definition) is 3. The summed E-state index contributed by atoms with van der Waals surface area (Å²) in [7, 11) is 0. The second kappa shape index (κ2) is 7.63. The Balaban J connectivity index is 1.63. The molecule has 0 bridgehead atoms. The first kappa shape index (κ1) is 22.5. The van der Waals surface area contributed by atoms with Crippen molar-refractivity contribution in [2.75, 3.05) is 18.0 Å². The molecule has 174 valence electrons. The normalized spacial score (nSPS) is 19.9. The van der Waals surface area contributed by atoms with E-state index >= 15 is 0 Å². The van der Waals surface area contributed by atoms with E-state index in [2.05, 4.69) is 81.3 Å². The van der Waals surface area contributed by atoms with Crippen molar-refractivity contribution in [1.29, 1.82) is 0 Å². The molecule has 0 aromatic heterocycles. The monoisotopic (exact) mass is 453 g/mol. The van der Waals surface area contributed by atoms with E-state index in [4.69, 9.17) is 0 Å². The molecule has 0 saturated carbocycles. The summed E-state index contributed by atoms with van der Waals surface area (Å²) in [5.41, 5.74) is 5.10. The summed E-state index contributed by atoms with van der Waals surface area (Å²) in [5.74, 6) is 0. The second-order valence-electron chi connectivity index (χ2n) is 10.5. The van der Waals surface area contributed by atoms with Gasteiger partial charge < -0.3 is 4.90 Å². The number of para-hydroxylation sites is 2. The highest BCUT2D eigenvalue weighted by atomic mass is 16.1. The van der Waals surface area contributed by atoms with E-state index in [0.717, 1.165) is 24.5 Å². The summed E-state index contributed by atoms with van der Waals surface area (Å²) in [6.45, 7) is 14.5. The van der Waals surface area contributed by atoms with Crippen LogP contribution in [0.4, 0.5) is 11.4 Å². The standard InChI is InChI=1S/C30H33N2O2/c1-7-31-23-15-11-9-13-21(23)29(3,4)25(31)17-19-27(33)20(28(19)34)18-26-30(5,6)22-14-10-12-16-24(22)32(26)8-2/h9-18,25H,7-8H2,1-6H3/q+1. The van der Waals surface area contributed by atoms with Gasteiger partial charge in [0.2, 0.25) is 16.5 Å². The minimum atomic E-state index is -0.270. The number of nitrogens with zero attached hydrogens (tertiary/aromatic N) is 2. The van der Waals surface area contributed by atoms with E-state index in [0.29, 0.717) is 10.4 Å². The highest BCUT2D eigenvalue weighted by molar-refractivity contribution is 6.15. The Morgan fingerprint density at radius 3 is 2.15 bits per heavy atom. The van der Waals surface area contributed by atoms with Crippen molar-refractivity contribution in [1.82, 2.24) is 0 Å². The van der Waals surface area contributed by atoms with E-state index in [1.54, 1.807) is 0 Å². The maximum atomic E-state index is 13.3. The number of hydrogen-bond donors (Lipinski definition) is 0. The maximum Gasteiger partial charge on any atom is 0.209 e. The summed E-state index contributed by atoms with van der Waals surface area (Å²) >= 11 is 0. The highest BCUT2D eigenvalue weighted by Gasteiger charge is 2.45. The minimum absolute atomic E-state index is 0.0358. The van der Waals surface area contributed by atoms with Crippen molar-refractivity contribution >= 4 is 29.2 Å². The van der Waals surface area contributed by atoms with Crippen molar-refractivity contribution in [3.63, 3.8) is 0 Å². The first-order valence-corrected chi connectivity index (χ1v) is 12.3. The molecule has 0 N–H and O–H groups in total. The number of likely N-dealkylation sites (N-methyl/N-ethyl adjacent to an activating group) is 1. The molecule has 4 nitrogen and oxygen atoms in total. The average Bonchev–Trinajstić information content (AvgIpc) is 3.19. The van der Waals surface area contributed by atoms with Crippen molar-refractivity contribution in [2.45, 2.75) is 58.4 Å². The smallest absolute Gasteiger partial charge is 0.209 e. The van der Waals surface area contributed by atoms with Crippen LogP contribution >= 0.6 is 0 Å².